The highest BCUT2D eigenvalue weighted by atomic mass is 79.9. The summed E-state index contributed by atoms with van der Waals surface area (Å²) in [6.07, 6.45) is 2.28. The highest BCUT2D eigenvalue weighted by molar-refractivity contribution is 9.10. The van der Waals surface area contributed by atoms with Crippen LogP contribution in [0.15, 0.2) is 87.3 Å². The molecule has 0 spiro atoms. The predicted molar refractivity (Wildman–Crippen MR) is 137 cm³/mol. The summed E-state index contributed by atoms with van der Waals surface area (Å²) in [4.78, 5) is 13.6. The Hall–Kier alpha value is -2.91. The average Bonchev–Trinajstić information content (AvgIpc) is 3.28. The summed E-state index contributed by atoms with van der Waals surface area (Å²) < 4.78 is 7.44. The lowest BCUT2D eigenvalue weighted by Crippen LogP contribution is -2.31. The summed E-state index contributed by atoms with van der Waals surface area (Å²) in [5, 5.41) is 2.48. The molecule has 0 radical (unpaired) electrons. The molecular formula is C30H25BrO2. The molecule has 2 aliphatic rings. The van der Waals surface area contributed by atoms with E-state index in [1.807, 2.05) is 30.3 Å². The third-order valence-electron chi connectivity index (χ3n) is 7.11. The minimum absolute atomic E-state index is 0.0403. The monoisotopic (exact) mass is 496 g/mol. The number of allylic oxidation sites excluding steroid dienone is 2. The quantitative estimate of drug-likeness (QED) is 0.279. The number of carbonyl (C=O) groups excluding carboxylic acids is 1. The highest BCUT2D eigenvalue weighted by Crippen LogP contribution is 2.52. The minimum atomic E-state index is -0.0439. The van der Waals surface area contributed by atoms with Gasteiger partial charge in [0.25, 0.3) is 0 Å². The fraction of sp³-hybridized carbons (Fsp3) is 0.233. The Kier molecular flexibility index (Phi) is 4.74. The van der Waals surface area contributed by atoms with Gasteiger partial charge in [0.15, 0.2) is 5.78 Å². The summed E-state index contributed by atoms with van der Waals surface area (Å²) in [6.45, 7) is 4.42. The Bertz CT molecular complexity index is 1440. The van der Waals surface area contributed by atoms with Crippen molar-refractivity contribution in [1.29, 1.82) is 0 Å². The molecule has 1 unspecified atom stereocenters. The Labute approximate surface area is 202 Å². The van der Waals surface area contributed by atoms with Gasteiger partial charge in [-0.25, -0.2) is 0 Å². The van der Waals surface area contributed by atoms with Crippen molar-refractivity contribution in [1.82, 2.24) is 0 Å². The van der Waals surface area contributed by atoms with Crippen molar-refractivity contribution in [2.24, 2.45) is 5.41 Å². The van der Waals surface area contributed by atoms with Crippen molar-refractivity contribution < 1.29 is 9.21 Å². The molecule has 3 aromatic carbocycles. The van der Waals surface area contributed by atoms with Crippen LogP contribution < -0.4 is 0 Å². The van der Waals surface area contributed by atoms with E-state index in [9.17, 15) is 4.79 Å². The van der Waals surface area contributed by atoms with Gasteiger partial charge < -0.3 is 4.42 Å². The van der Waals surface area contributed by atoms with Crippen LogP contribution in [-0.2, 0) is 11.2 Å². The van der Waals surface area contributed by atoms with E-state index in [1.165, 1.54) is 27.5 Å². The molecule has 0 saturated carbocycles. The molecular weight excluding hydrogens is 472 g/mol. The van der Waals surface area contributed by atoms with E-state index in [4.69, 9.17) is 4.42 Å². The summed E-state index contributed by atoms with van der Waals surface area (Å²) in [7, 11) is 0. The Morgan fingerprint density at radius 1 is 0.909 bits per heavy atom. The number of hydrogen-bond donors (Lipinski definition) is 0. The largest absolute Gasteiger partial charge is 0.460 e. The van der Waals surface area contributed by atoms with Gasteiger partial charge in [0.1, 0.15) is 11.5 Å². The second-order valence-electron chi connectivity index (χ2n) is 10.1. The van der Waals surface area contributed by atoms with Gasteiger partial charge in [0, 0.05) is 27.9 Å². The molecule has 2 nitrogen and oxygen atoms in total. The Balaban J connectivity index is 1.53. The topological polar surface area (TPSA) is 30.2 Å². The van der Waals surface area contributed by atoms with Crippen molar-refractivity contribution in [2.45, 2.75) is 39.0 Å². The van der Waals surface area contributed by atoms with E-state index in [0.717, 1.165) is 40.0 Å². The molecule has 4 aromatic rings. The molecule has 1 heterocycles. The smallest absolute Gasteiger partial charge is 0.160 e. The molecule has 6 rings (SSSR count). The summed E-state index contributed by atoms with van der Waals surface area (Å²) >= 11 is 3.50. The molecule has 1 aromatic heterocycles. The van der Waals surface area contributed by atoms with Crippen LogP contribution in [0, 0.1) is 5.41 Å². The number of carbonyl (C=O) groups is 1. The van der Waals surface area contributed by atoms with Crippen LogP contribution in [-0.4, -0.2) is 5.78 Å². The van der Waals surface area contributed by atoms with Gasteiger partial charge >= 0.3 is 0 Å². The first-order valence-corrected chi connectivity index (χ1v) is 12.3. The lowest BCUT2D eigenvalue weighted by Gasteiger charge is -2.38. The van der Waals surface area contributed by atoms with Gasteiger partial charge in [-0.05, 0) is 70.0 Å². The van der Waals surface area contributed by atoms with Crippen LogP contribution in [0.1, 0.15) is 49.5 Å². The predicted octanol–water partition coefficient (Wildman–Crippen LogP) is 8.34. The lowest BCUT2D eigenvalue weighted by molar-refractivity contribution is -0.118. The van der Waals surface area contributed by atoms with E-state index in [0.29, 0.717) is 6.42 Å². The van der Waals surface area contributed by atoms with Crippen LogP contribution in [0.2, 0.25) is 0 Å². The van der Waals surface area contributed by atoms with E-state index in [-0.39, 0.29) is 17.1 Å². The van der Waals surface area contributed by atoms with Crippen LogP contribution in [0.4, 0.5) is 0 Å². The summed E-state index contributed by atoms with van der Waals surface area (Å²) in [6, 6.07) is 25.2. The standard InChI is InChI=1S/C30H25BrO2/c1-30(2)16-24-28-20(8-7-18-5-3-4-6-22(18)28)15-23(29(24)25(32)17-30)27-14-13-26(33-27)19-9-11-21(31)12-10-19/h3-14,23H,15-17H2,1-2H3. The van der Waals surface area contributed by atoms with Gasteiger partial charge in [-0.15, -0.1) is 0 Å². The molecule has 1 atom stereocenters. The first-order chi connectivity index (χ1) is 15.9. The van der Waals surface area contributed by atoms with E-state index in [2.05, 4.69) is 72.2 Å². The first-order valence-electron chi connectivity index (χ1n) is 11.5. The second kappa shape index (κ2) is 7.56. The molecule has 3 heteroatoms. The van der Waals surface area contributed by atoms with Crippen molar-refractivity contribution in [2.75, 3.05) is 0 Å². The molecule has 0 bridgehead atoms. The number of halogens is 1. The SMILES string of the molecule is CC1(C)CC(=O)C2=C(C1)c1c(ccc3ccccc13)CC2c1ccc(-c2ccc(Br)cc2)o1. The third kappa shape index (κ3) is 3.50. The number of benzene rings is 3. The zero-order chi connectivity index (χ0) is 22.7. The van der Waals surface area contributed by atoms with Gasteiger partial charge in [-0.2, -0.15) is 0 Å². The van der Waals surface area contributed by atoms with Gasteiger partial charge in [-0.3, -0.25) is 4.79 Å². The Morgan fingerprint density at radius 2 is 1.70 bits per heavy atom. The van der Waals surface area contributed by atoms with Crippen molar-refractivity contribution >= 4 is 38.1 Å². The first kappa shape index (κ1) is 20.7. The van der Waals surface area contributed by atoms with E-state index < -0.39 is 0 Å². The highest BCUT2D eigenvalue weighted by Gasteiger charge is 2.41. The molecule has 164 valence electrons. The number of rotatable bonds is 2. The van der Waals surface area contributed by atoms with Crippen LogP contribution in [0.3, 0.4) is 0 Å². The number of ketones is 1. The van der Waals surface area contributed by atoms with Crippen molar-refractivity contribution in [3.05, 3.63) is 99.7 Å². The van der Waals surface area contributed by atoms with Gasteiger partial charge in [0.2, 0.25) is 0 Å². The van der Waals surface area contributed by atoms with Crippen molar-refractivity contribution in [3.63, 3.8) is 0 Å². The Morgan fingerprint density at radius 3 is 2.52 bits per heavy atom. The average molecular weight is 497 g/mol. The maximum absolute atomic E-state index is 13.6. The number of fused-ring (bicyclic) bond motifs is 4. The fourth-order valence-corrected chi connectivity index (χ4v) is 5.94. The molecule has 0 aliphatic heterocycles. The van der Waals surface area contributed by atoms with Gasteiger partial charge in [0.05, 0.1) is 0 Å². The van der Waals surface area contributed by atoms with Crippen LogP contribution >= 0.6 is 15.9 Å². The van der Waals surface area contributed by atoms with E-state index >= 15 is 0 Å². The van der Waals surface area contributed by atoms with Crippen LogP contribution in [0.25, 0.3) is 27.7 Å². The number of furan rings is 1. The maximum Gasteiger partial charge on any atom is 0.160 e. The molecule has 0 amide bonds. The third-order valence-corrected chi connectivity index (χ3v) is 7.64. The summed E-state index contributed by atoms with van der Waals surface area (Å²) in [5.74, 6) is 1.95. The number of Topliss-reactive ketones (excluding diaryl/α,β-unsaturated/α-hetero) is 1. The lowest BCUT2D eigenvalue weighted by atomic mass is 9.64. The minimum Gasteiger partial charge on any atom is -0.460 e. The van der Waals surface area contributed by atoms with Crippen molar-refractivity contribution in [3.8, 4) is 11.3 Å². The van der Waals surface area contributed by atoms with E-state index in [1.54, 1.807) is 0 Å². The normalized spacial score (nSPS) is 19.5. The molecule has 2 aliphatic carbocycles. The molecule has 0 N–H and O–H groups in total. The number of hydrogen-bond acceptors (Lipinski definition) is 2. The molecule has 0 saturated heterocycles. The second-order valence-corrected chi connectivity index (χ2v) is 11.0. The maximum atomic E-state index is 13.6. The van der Waals surface area contributed by atoms with Crippen LogP contribution in [0.5, 0.6) is 0 Å². The molecule has 33 heavy (non-hydrogen) atoms. The zero-order valence-corrected chi connectivity index (χ0v) is 20.4. The fourth-order valence-electron chi connectivity index (χ4n) is 5.68. The summed E-state index contributed by atoms with van der Waals surface area (Å²) in [5.41, 5.74) is 5.77. The molecule has 0 fully saturated rings. The zero-order valence-electron chi connectivity index (χ0n) is 18.8. The van der Waals surface area contributed by atoms with Gasteiger partial charge in [-0.1, -0.05) is 78.3 Å².